The first-order chi connectivity index (χ1) is 12.6. The molecule has 1 fully saturated rings. The van der Waals surface area contributed by atoms with Gasteiger partial charge in [0, 0.05) is 30.7 Å². The van der Waals surface area contributed by atoms with Crippen molar-refractivity contribution in [2.24, 2.45) is 0 Å². The van der Waals surface area contributed by atoms with Gasteiger partial charge in [-0.25, -0.2) is 0 Å². The molecule has 1 heterocycles. The average molecular weight is 352 g/mol. The molecule has 2 aromatic carbocycles. The maximum Gasteiger partial charge on any atom is 0.251 e. The summed E-state index contributed by atoms with van der Waals surface area (Å²) in [6.07, 6.45) is 0.761. The second kappa shape index (κ2) is 8.47. The van der Waals surface area contributed by atoms with Crippen LogP contribution in [-0.4, -0.2) is 49.2 Å². The molecule has 0 atom stereocenters. The van der Waals surface area contributed by atoms with Crippen LogP contribution in [0.2, 0.25) is 0 Å². The van der Waals surface area contributed by atoms with Gasteiger partial charge in [-0.05, 0) is 37.5 Å². The smallest absolute Gasteiger partial charge is 0.251 e. The molecule has 0 radical (unpaired) electrons. The quantitative estimate of drug-likeness (QED) is 0.868. The minimum absolute atomic E-state index is 0.00198. The zero-order valence-electron chi connectivity index (χ0n) is 15.7. The lowest BCUT2D eigenvalue weighted by molar-refractivity contribution is -0.00923. The molecule has 1 N–H and O–H groups in total. The van der Waals surface area contributed by atoms with Gasteiger partial charge in [0.25, 0.3) is 5.91 Å². The molecule has 4 heteroatoms. The van der Waals surface area contributed by atoms with Crippen LogP contribution >= 0.6 is 0 Å². The van der Waals surface area contributed by atoms with Crippen LogP contribution in [0.15, 0.2) is 54.6 Å². The number of carbonyl (C=O) groups excluding carboxylic acids is 1. The summed E-state index contributed by atoms with van der Waals surface area (Å²) in [4.78, 5) is 15.2. The van der Waals surface area contributed by atoms with E-state index in [9.17, 15) is 4.79 Å². The number of amides is 1. The SMILES string of the molecule is CC(C)(CNC(=O)c1ccccc1Cc1ccccc1)N1CCOCC1. The van der Waals surface area contributed by atoms with Crippen LogP contribution in [0.3, 0.4) is 0 Å². The molecule has 0 saturated carbocycles. The molecule has 0 bridgehead atoms. The summed E-state index contributed by atoms with van der Waals surface area (Å²) in [5.74, 6) is -0.00198. The Hall–Kier alpha value is -2.17. The zero-order valence-corrected chi connectivity index (χ0v) is 15.7. The van der Waals surface area contributed by atoms with Crippen LogP contribution in [-0.2, 0) is 11.2 Å². The number of hydrogen-bond donors (Lipinski definition) is 1. The van der Waals surface area contributed by atoms with Gasteiger partial charge in [-0.2, -0.15) is 0 Å². The largest absolute Gasteiger partial charge is 0.379 e. The summed E-state index contributed by atoms with van der Waals surface area (Å²) in [7, 11) is 0. The highest BCUT2D eigenvalue weighted by Crippen LogP contribution is 2.17. The maximum absolute atomic E-state index is 12.8. The molecule has 1 aliphatic rings. The van der Waals surface area contributed by atoms with Crippen LogP contribution in [0.5, 0.6) is 0 Å². The van der Waals surface area contributed by atoms with Crippen molar-refractivity contribution in [3.05, 3.63) is 71.3 Å². The number of hydrogen-bond acceptors (Lipinski definition) is 3. The second-order valence-corrected chi connectivity index (χ2v) is 7.41. The minimum Gasteiger partial charge on any atom is -0.379 e. The van der Waals surface area contributed by atoms with Crippen molar-refractivity contribution in [2.75, 3.05) is 32.8 Å². The van der Waals surface area contributed by atoms with Gasteiger partial charge in [-0.1, -0.05) is 48.5 Å². The molecule has 0 aromatic heterocycles. The Morgan fingerprint density at radius 1 is 1.04 bits per heavy atom. The van der Waals surface area contributed by atoms with Gasteiger partial charge in [-0.3, -0.25) is 9.69 Å². The Bertz CT molecular complexity index is 722. The summed E-state index contributed by atoms with van der Waals surface area (Å²) in [6, 6.07) is 18.1. The zero-order chi connectivity index (χ0) is 18.4. The summed E-state index contributed by atoms with van der Waals surface area (Å²) in [6.45, 7) is 8.31. The van der Waals surface area contributed by atoms with Crippen LogP contribution in [0, 0.1) is 0 Å². The number of nitrogens with zero attached hydrogens (tertiary/aromatic N) is 1. The fraction of sp³-hybridized carbons (Fsp3) is 0.409. The summed E-state index contributed by atoms with van der Waals surface area (Å²) < 4.78 is 5.43. The van der Waals surface area contributed by atoms with Gasteiger partial charge in [0.1, 0.15) is 0 Å². The number of ether oxygens (including phenoxy) is 1. The summed E-state index contributed by atoms with van der Waals surface area (Å²) in [5, 5.41) is 3.14. The molecule has 26 heavy (non-hydrogen) atoms. The Kier molecular flexibility index (Phi) is 6.07. The topological polar surface area (TPSA) is 41.6 Å². The lowest BCUT2D eigenvalue weighted by Gasteiger charge is -2.40. The number of carbonyl (C=O) groups is 1. The first kappa shape index (κ1) is 18.6. The van der Waals surface area contributed by atoms with Gasteiger partial charge < -0.3 is 10.1 Å². The van der Waals surface area contributed by atoms with E-state index in [-0.39, 0.29) is 11.4 Å². The fourth-order valence-electron chi connectivity index (χ4n) is 3.38. The average Bonchev–Trinajstić information content (AvgIpc) is 2.68. The highest BCUT2D eigenvalue weighted by molar-refractivity contribution is 5.95. The summed E-state index contributed by atoms with van der Waals surface area (Å²) in [5.41, 5.74) is 2.93. The minimum atomic E-state index is -0.0895. The van der Waals surface area contributed by atoms with E-state index >= 15 is 0 Å². The van der Waals surface area contributed by atoms with Crippen molar-refractivity contribution >= 4 is 5.91 Å². The number of rotatable bonds is 6. The van der Waals surface area contributed by atoms with E-state index in [0.29, 0.717) is 6.54 Å². The molecule has 2 aromatic rings. The molecular formula is C22H28N2O2. The van der Waals surface area contributed by atoms with Crippen molar-refractivity contribution < 1.29 is 9.53 Å². The fourth-order valence-corrected chi connectivity index (χ4v) is 3.38. The molecule has 138 valence electrons. The highest BCUT2D eigenvalue weighted by atomic mass is 16.5. The normalized spacial score (nSPS) is 15.6. The van der Waals surface area contributed by atoms with E-state index in [4.69, 9.17) is 4.74 Å². The molecule has 0 aliphatic carbocycles. The Morgan fingerprint density at radius 2 is 1.69 bits per heavy atom. The van der Waals surface area contributed by atoms with E-state index in [1.54, 1.807) is 0 Å². The standard InChI is InChI=1S/C22H28N2O2/c1-22(2,24-12-14-26-15-13-24)17-23-21(25)20-11-7-6-10-19(20)16-18-8-4-3-5-9-18/h3-11H,12-17H2,1-2H3,(H,23,25). The lowest BCUT2D eigenvalue weighted by Crippen LogP contribution is -2.55. The molecule has 1 aliphatic heterocycles. The van der Waals surface area contributed by atoms with Crippen molar-refractivity contribution in [1.29, 1.82) is 0 Å². The maximum atomic E-state index is 12.8. The monoisotopic (exact) mass is 352 g/mol. The number of nitrogens with one attached hydrogen (secondary N) is 1. The van der Waals surface area contributed by atoms with E-state index in [2.05, 4.69) is 36.2 Å². The molecule has 0 spiro atoms. The highest BCUT2D eigenvalue weighted by Gasteiger charge is 2.28. The van der Waals surface area contributed by atoms with E-state index in [0.717, 1.165) is 43.9 Å². The van der Waals surface area contributed by atoms with Crippen LogP contribution in [0.25, 0.3) is 0 Å². The third-order valence-corrected chi connectivity index (χ3v) is 5.05. The van der Waals surface area contributed by atoms with Crippen molar-refractivity contribution in [3.8, 4) is 0 Å². The molecule has 3 rings (SSSR count). The molecule has 4 nitrogen and oxygen atoms in total. The van der Waals surface area contributed by atoms with Gasteiger partial charge in [0.15, 0.2) is 0 Å². The second-order valence-electron chi connectivity index (χ2n) is 7.41. The van der Waals surface area contributed by atoms with Gasteiger partial charge in [-0.15, -0.1) is 0 Å². The van der Waals surface area contributed by atoms with Crippen molar-refractivity contribution in [3.63, 3.8) is 0 Å². The van der Waals surface area contributed by atoms with E-state index in [1.807, 2.05) is 42.5 Å². The van der Waals surface area contributed by atoms with Crippen LogP contribution in [0.1, 0.15) is 35.3 Å². The number of benzene rings is 2. The van der Waals surface area contributed by atoms with E-state index in [1.165, 1.54) is 5.56 Å². The molecule has 0 unspecified atom stereocenters. The Morgan fingerprint density at radius 3 is 2.42 bits per heavy atom. The van der Waals surface area contributed by atoms with Gasteiger partial charge in [0.05, 0.1) is 13.2 Å². The van der Waals surface area contributed by atoms with Crippen LogP contribution < -0.4 is 5.32 Å². The lowest BCUT2D eigenvalue weighted by atomic mass is 9.98. The molecule has 1 saturated heterocycles. The summed E-state index contributed by atoms with van der Waals surface area (Å²) >= 11 is 0. The van der Waals surface area contributed by atoms with E-state index < -0.39 is 0 Å². The predicted molar refractivity (Wildman–Crippen MR) is 104 cm³/mol. The van der Waals surface area contributed by atoms with Crippen molar-refractivity contribution in [1.82, 2.24) is 10.2 Å². The number of morpholine rings is 1. The van der Waals surface area contributed by atoms with Gasteiger partial charge >= 0.3 is 0 Å². The third kappa shape index (κ3) is 4.71. The molecular weight excluding hydrogens is 324 g/mol. The third-order valence-electron chi connectivity index (χ3n) is 5.05. The predicted octanol–water partition coefficient (Wildman–Crippen LogP) is 3.12. The first-order valence-electron chi connectivity index (χ1n) is 9.29. The van der Waals surface area contributed by atoms with Gasteiger partial charge in [0.2, 0.25) is 0 Å². The van der Waals surface area contributed by atoms with Crippen LogP contribution in [0.4, 0.5) is 0 Å². The Labute approximate surface area is 156 Å². The first-order valence-corrected chi connectivity index (χ1v) is 9.29. The Balaban J connectivity index is 1.66. The van der Waals surface area contributed by atoms with Crippen molar-refractivity contribution in [2.45, 2.75) is 25.8 Å². The molecule has 1 amide bonds.